The van der Waals surface area contributed by atoms with Crippen molar-refractivity contribution >= 4 is 40.6 Å². The third-order valence-corrected chi connectivity index (χ3v) is 3.98. The number of hydrogen-bond donors (Lipinski definition) is 2. The van der Waals surface area contributed by atoms with Crippen molar-refractivity contribution in [3.05, 3.63) is 29.5 Å². The molecule has 8 heteroatoms. The lowest BCUT2D eigenvalue weighted by molar-refractivity contribution is -0.115. The van der Waals surface area contributed by atoms with E-state index in [4.69, 9.17) is 17.3 Å². The molecule has 3 N–H and O–H groups in total. The summed E-state index contributed by atoms with van der Waals surface area (Å²) in [6.45, 7) is 1.79. The van der Waals surface area contributed by atoms with Gasteiger partial charge in [-0.25, -0.2) is 9.67 Å². The number of aromatic nitrogens is 3. The van der Waals surface area contributed by atoms with Crippen LogP contribution in [0.15, 0.2) is 29.7 Å². The maximum Gasteiger partial charge on any atom is 0.237 e. The van der Waals surface area contributed by atoms with E-state index < -0.39 is 0 Å². The van der Waals surface area contributed by atoms with Crippen LogP contribution in [0.25, 0.3) is 0 Å². The molecule has 1 aromatic carbocycles. The molecule has 0 radical (unpaired) electrons. The van der Waals surface area contributed by atoms with Crippen molar-refractivity contribution in [2.45, 2.75) is 17.3 Å². The van der Waals surface area contributed by atoms with Crippen molar-refractivity contribution in [2.24, 2.45) is 7.05 Å². The minimum absolute atomic E-state index is 0.160. The van der Waals surface area contributed by atoms with Gasteiger partial charge in [-0.3, -0.25) is 4.79 Å². The molecular formula is C12H14ClN5OS. The highest BCUT2D eigenvalue weighted by atomic mass is 35.5. The number of thioether (sulfide) groups is 1. The van der Waals surface area contributed by atoms with Crippen LogP contribution in [-0.2, 0) is 11.8 Å². The standard InChI is InChI=1S/C12H14ClN5OS/c1-7(20-12-15-6-16-18(12)2)11(19)17-10-4-3-8(13)5-9(10)14/h3-7H,14H2,1-2H3,(H,17,19). The molecule has 1 atom stereocenters. The average molecular weight is 312 g/mol. The van der Waals surface area contributed by atoms with E-state index in [0.717, 1.165) is 0 Å². The van der Waals surface area contributed by atoms with Crippen LogP contribution in [0.2, 0.25) is 5.02 Å². The predicted octanol–water partition coefficient (Wildman–Crippen LogP) is 2.17. The number of aryl methyl sites for hydroxylation is 1. The molecule has 0 aliphatic carbocycles. The van der Waals surface area contributed by atoms with Crippen LogP contribution in [-0.4, -0.2) is 25.9 Å². The Bertz CT molecular complexity index is 630. The molecule has 0 spiro atoms. The second-order valence-corrected chi connectivity index (χ2v) is 5.89. The molecule has 1 amide bonds. The maximum absolute atomic E-state index is 12.1. The highest BCUT2D eigenvalue weighted by Gasteiger charge is 2.17. The van der Waals surface area contributed by atoms with Gasteiger partial charge in [-0.2, -0.15) is 5.10 Å². The number of nitrogens with one attached hydrogen (secondary N) is 1. The summed E-state index contributed by atoms with van der Waals surface area (Å²) in [5.74, 6) is -0.160. The fraction of sp³-hybridized carbons (Fsp3) is 0.250. The monoisotopic (exact) mass is 311 g/mol. The molecule has 1 aromatic heterocycles. The topological polar surface area (TPSA) is 85.8 Å². The summed E-state index contributed by atoms with van der Waals surface area (Å²) in [6, 6.07) is 4.95. The van der Waals surface area contributed by atoms with Crippen LogP contribution in [0.3, 0.4) is 0 Å². The van der Waals surface area contributed by atoms with Crippen LogP contribution in [0.1, 0.15) is 6.92 Å². The van der Waals surface area contributed by atoms with E-state index in [0.29, 0.717) is 21.6 Å². The molecule has 1 heterocycles. The summed E-state index contributed by atoms with van der Waals surface area (Å²) in [5, 5.41) is 7.60. The smallest absolute Gasteiger partial charge is 0.237 e. The van der Waals surface area contributed by atoms with Crippen LogP contribution >= 0.6 is 23.4 Å². The van der Waals surface area contributed by atoms with Gasteiger partial charge < -0.3 is 11.1 Å². The van der Waals surface area contributed by atoms with E-state index in [1.54, 1.807) is 36.9 Å². The second kappa shape index (κ2) is 6.15. The summed E-state index contributed by atoms with van der Waals surface area (Å²) in [6.07, 6.45) is 1.45. The van der Waals surface area contributed by atoms with Gasteiger partial charge in [-0.05, 0) is 25.1 Å². The quantitative estimate of drug-likeness (QED) is 0.667. The lowest BCUT2D eigenvalue weighted by Gasteiger charge is -2.12. The van der Waals surface area contributed by atoms with Crippen LogP contribution in [0.5, 0.6) is 0 Å². The van der Waals surface area contributed by atoms with E-state index in [1.165, 1.54) is 18.1 Å². The number of nitrogens with two attached hydrogens (primary N) is 1. The fourth-order valence-corrected chi connectivity index (χ4v) is 2.46. The van der Waals surface area contributed by atoms with Gasteiger partial charge in [-0.1, -0.05) is 23.4 Å². The van der Waals surface area contributed by atoms with Crippen LogP contribution in [0.4, 0.5) is 11.4 Å². The predicted molar refractivity (Wildman–Crippen MR) is 80.8 cm³/mol. The number of rotatable bonds is 4. The van der Waals surface area contributed by atoms with Crippen molar-refractivity contribution < 1.29 is 4.79 Å². The van der Waals surface area contributed by atoms with Crippen molar-refractivity contribution in [2.75, 3.05) is 11.1 Å². The Balaban J connectivity index is 2.02. The number of carbonyl (C=O) groups is 1. The Morgan fingerprint density at radius 3 is 2.90 bits per heavy atom. The minimum atomic E-state index is -0.326. The second-order valence-electron chi connectivity index (χ2n) is 4.15. The molecule has 0 fully saturated rings. The van der Waals surface area contributed by atoms with Gasteiger partial charge in [0, 0.05) is 12.1 Å². The maximum atomic E-state index is 12.1. The van der Waals surface area contributed by atoms with Crippen molar-refractivity contribution in [3.63, 3.8) is 0 Å². The first-order valence-electron chi connectivity index (χ1n) is 5.84. The molecule has 2 aromatic rings. The molecule has 2 rings (SSSR count). The van der Waals surface area contributed by atoms with Gasteiger partial charge in [0.1, 0.15) is 6.33 Å². The third kappa shape index (κ3) is 3.43. The number of hydrogen-bond acceptors (Lipinski definition) is 5. The molecule has 20 heavy (non-hydrogen) atoms. The highest BCUT2D eigenvalue weighted by Crippen LogP contribution is 2.25. The Hall–Kier alpha value is -1.73. The first-order chi connectivity index (χ1) is 9.47. The first kappa shape index (κ1) is 14.7. The van der Waals surface area contributed by atoms with Crippen molar-refractivity contribution in [1.82, 2.24) is 14.8 Å². The summed E-state index contributed by atoms with van der Waals surface area (Å²) < 4.78 is 1.62. The first-order valence-corrected chi connectivity index (χ1v) is 7.09. The number of nitrogen functional groups attached to an aromatic ring is 1. The van der Waals surface area contributed by atoms with Gasteiger partial charge in [-0.15, -0.1) is 0 Å². The van der Waals surface area contributed by atoms with Gasteiger partial charge in [0.15, 0.2) is 5.16 Å². The molecule has 0 aliphatic rings. The lowest BCUT2D eigenvalue weighted by atomic mass is 10.2. The SMILES string of the molecule is CC(Sc1ncnn1C)C(=O)Nc1ccc(Cl)cc1N. The van der Waals surface area contributed by atoms with Crippen molar-refractivity contribution in [3.8, 4) is 0 Å². The molecule has 106 valence electrons. The van der Waals surface area contributed by atoms with Crippen LogP contribution < -0.4 is 11.1 Å². The Kier molecular flexibility index (Phi) is 4.51. The highest BCUT2D eigenvalue weighted by molar-refractivity contribution is 8.00. The Morgan fingerprint density at radius 1 is 1.55 bits per heavy atom. The summed E-state index contributed by atoms with van der Waals surface area (Å²) >= 11 is 7.14. The number of carbonyl (C=O) groups excluding carboxylic acids is 1. The summed E-state index contributed by atoms with van der Waals surface area (Å²) in [5.41, 5.74) is 6.78. The average Bonchev–Trinajstić information content (AvgIpc) is 2.78. The molecule has 6 nitrogen and oxygen atoms in total. The van der Waals surface area contributed by atoms with E-state index >= 15 is 0 Å². The normalized spacial score (nSPS) is 12.2. The molecule has 0 aliphatic heterocycles. The summed E-state index contributed by atoms with van der Waals surface area (Å²) in [4.78, 5) is 16.2. The zero-order valence-electron chi connectivity index (χ0n) is 11.0. The van der Waals surface area contributed by atoms with E-state index in [-0.39, 0.29) is 11.2 Å². The molecule has 0 saturated heterocycles. The zero-order chi connectivity index (χ0) is 14.7. The number of nitrogens with zero attached hydrogens (tertiary/aromatic N) is 3. The molecule has 1 unspecified atom stereocenters. The van der Waals surface area contributed by atoms with Gasteiger partial charge in [0.25, 0.3) is 0 Å². The molecule has 0 saturated carbocycles. The molecular weight excluding hydrogens is 298 g/mol. The van der Waals surface area contributed by atoms with Gasteiger partial charge in [0.05, 0.1) is 16.6 Å². The number of benzene rings is 1. The van der Waals surface area contributed by atoms with E-state index in [2.05, 4.69) is 15.4 Å². The number of halogens is 1. The largest absolute Gasteiger partial charge is 0.397 e. The van der Waals surface area contributed by atoms with Crippen LogP contribution in [0, 0.1) is 0 Å². The van der Waals surface area contributed by atoms with Gasteiger partial charge >= 0.3 is 0 Å². The minimum Gasteiger partial charge on any atom is -0.397 e. The van der Waals surface area contributed by atoms with E-state index in [9.17, 15) is 4.79 Å². The number of amides is 1. The van der Waals surface area contributed by atoms with Crippen molar-refractivity contribution in [1.29, 1.82) is 0 Å². The van der Waals surface area contributed by atoms with E-state index in [1.807, 2.05) is 0 Å². The fourth-order valence-electron chi connectivity index (χ4n) is 1.49. The third-order valence-electron chi connectivity index (χ3n) is 2.59. The lowest BCUT2D eigenvalue weighted by Crippen LogP contribution is -2.23. The zero-order valence-corrected chi connectivity index (χ0v) is 12.6. The Labute approximate surface area is 125 Å². The summed E-state index contributed by atoms with van der Waals surface area (Å²) in [7, 11) is 1.77. The van der Waals surface area contributed by atoms with Gasteiger partial charge in [0.2, 0.25) is 5.91 Å². The molecule has 0 bridgehead atoms. The Morgan fingerprint density at radius 2 is 2.30 bits per heavy atom. The number of anilines is 2.